The first-order chi connectivity index (χ1) is 13.4. The number of rotatable bonds is 9. The quantitative estimate of drug-likeness (QED) is 0.527. The highest BCUT2D eigenvalue weighted by atomic mass is 16.6. The number of carbonyl (C=O) groups excluding carboxylic acids is 3. The number of amides is 1. The summed E-state index contributed by atoms with van der Waals surface area (Å²) in [5.74, 6) is -0.574. The molecule has 0 heterocycles. The molecule has 7 heteroatoms. The summed E-state index contributed by atoms with van der Waals surface area (Å²) in [5.41, 5.74) is 2.53. The zero-order chi connectivity index (χ0) is 20.5. The maximum Gasteiger partial charge on any atom is 0.344 e. The van der Waals surface area contributed by atoms with Crippen LogP contribution in [0.2, 0.25) is 0 Å². The number of methoxy groups -OCH3 is 1. The summed E-state index contributed by atoms with van der Waals surface area (Å²) in [4.78, 5) is 35.0. The van der Waals surface area contributed by atoms with E-state index in [9.17, 15) is 14.4 Å². The Balaban J connectivity index is 1.77. The molecule has 0 fully saturated rings. The van der Waals surface area contributed by atoms with E-state index in [0.717, 1.165) is 11.1 Å². The van der Waals surface area contributed by atoms with E-state index in [1.54, 1.807) is 6.07 Å². The molecule has 0 aliphatic heterocycles. The Hall–Kier alpha value is -3.35. The summed E-state index contributed by atoms with van der Waals surface area (Å²) in [6, 6.07) is 12.3. The molecule has 0 atom stereocenters. The number of hydrogen-bond donors (Lipinski definition) is 1. The van der Waals surface area contributed by atoms with Crippen LogP contribution in [0.25, 0.3) is 0 Å². The van der Waals surface area contributed by atoms with Gasteiger partial charge in [-0.3, -0.25) is 9.59 Å². The number of Topliss-reactive ketones (excluding diaryl/α,β-unsaturated/α-hetero) is 1. The molecule has 1 amide bonds. The fraction of sp³-hybridized carbons (Fsp3) is 0.286. The summed E-state index contributed by atoms with van der Waals surface area (Å²) >= 11 is 0. The summed E-state index contributed by atoms with van der Waals surface area (Å²) < 4.78 is 15.4. The van der Waals surface area contributed by atoms with Crippen LogP contribution >= 0.6 is 0 Å². The molecular weight excluding hydrogens is 362 g/mol. The van der Waals surface area contributed by atoms with Crippen molar-refractivity contribution in [2.24, 2.45) is 0 Å². The van der Waals surface area contributed by atoms with Gasteiger partial charge in [0.05, 0.1) is 7.11 Å². The average molecular weight is 385 g/mol. The number of hydrogen-bond acceptors (Lipinski definition) is 6. The topological polar surface area (TPSA) is 90.9 Å². The average Bonchev–Trinajstić information content (AvgIpc) is 2.69. The van der Waals surface area contributed by atoms with E-state index >= 15 is 0 Å². The van der Waals surface area contributed by atoms with Crippen molar-refractivity contribution < 1.29 is 28.6 Å². The van der Waals surface area contributed by atoms with E-state index in [4.69, 9.17) is 14.2 Å². The molecule has 28 heavy (non-hydrogen) atoms. The van der Waals surface area contributed by atoms with Crippen molar-refractivity contribution in [3.63, 3.8) is 0 Å². The van der Waals surface area contributed by atoms with Crippen LogP contribution in [-0.4, -0.2) is 38.0 Å². The SMILES string of the molecule is COc1cc(C(C)=O)ccc1OCC(=O)OCC(=O)NCc1ccccc1C. The molecule has 2 aromatic carbocycles. The zero-order valence-corrected chi connectivity index (χ0v) is 16.1. The first kappa shape index (κ1) is 21.0. The Morgan fingerprint density at radius 2 is 1.75 bits per heavy atom. The van der Waals surface area contributed by atoms with E-state index in [2.05, 4.69) is 5.32 Å². The third kappa shape index (κ3) is 6.12. The molecule has 7 nitrogen and oxygen atoms in total. The van der Waals surface area contributed by atoms with Crippen LogP contribution in [-0.2, 0) is 20.9 Å². The summed E-state index contributed by atoms with van der Waals surface area (Å²) in [5, 5.41) is 2.70. The number of aryl methyl sites for hydroxylation is 1. The van der Waals surface area contributed by atoms with Gasteiger partial charge < -0.3 is 19.5 Å². The van der Waals surface area contributed by atoms with Gasteiger partial charge in [-0.25, -0.2) is 4.79 Å². The molecule has 0 aromatic heterocycles. The smallest absolute Gasteiger partial charge is 0.344 e. The first-order valence-electron chi connectivity index (χ1n) is 8.69. The number of ketones is 1. The minimum absolute atomic E-state index is 0.110. The number of carbonyl (C=O) groups is 3. The number of esters is 1. The van der Waals surface area contributed by atoms with E-state index in [1.807, 2.05) is 31.2 Å². The molecule has 0 unspecified atom stereocenters. The molecule has 2 rings (SSSR count). The van der Waals surface area contributed by atoms with E-state index in [-0.39, 0.29) is 12.4 Å². The molecule has 0 radical (unpaired) electrons. The van der Waals surface area contributed by atoms with Crippen LogP contribution in [0.1, 0.15) is 28.4 Å². The predicted molar refractivity (Wildman–Crippen MR) is 102 cm³/mol. The Labute approximate surface area is 163 Å². The third-order valence-corrected chi connectivity index (χ3v) is 4.02. The van der Waals surface area contributed by atoms with Gasteiger partial charge in [-0.1, -0.05) is 24.3 Å². The Bertz CT molecular complexity index is 862. The molecule has 1 N–H and O–H groups in total. The predicted octanol–water partition coefficient (Wildman–Crippen LogP) is 2.44. The van der Waals surface area contributed by atoms with Crippen LogP contribution in [0.5, 0.6) is 11.5 Å². The molecule has 0 aliphatic carbocycles. The summed E-state index contributed by atoms with van der Waals surface area (Å²) in [6.45, 7) is 2.97. The number of ether oxygens (including phenoxy) is 3. The lowest BCUT2D eigenvalue weighted by Crippen LogP contribution is -2.29. The Morgan fingerprint density at radius 1 is 1.00 bits per heavy atom. The summed E-state index contributed by atoms with van der Waals surface area (Å²) in [6.07, 6.45) is 0. The Kier molecular flexibility index (Phi) is 7.56. The van der Waals surface area contributed by atoms with E-state index in [0.29, 0.717) is 23.6 Å². The molecule has 0 saturated carbocycles. The normalized spacial score (nSPS) is 10.1. The second-order valence-corrected chi connectivity index (χ2v) is 6.07. The maximum absolute atomic E-state index is 11.8. The van der Waals surface area contributed by atoms with Gasteiger partial charge in [0.2, 0.25) is 0 Å². The lowest BCUT2D eigenvalue weighted by Gasteiger charge is -2.11. The highest BCUT2D eigenvalue weighted by Gasteiger charge is 2.12. The number of nitrogens with one attached hydrogen (secondary N) is 1. The molecule has 2 aromatic rings. The standard InChI is InChI=1S/C21H23NO6/c1-14-6-4-5-7-17(14)11-22-20(24)12-28-21(25)13-27-18-9-8-16(15(2)23)10-19(18)26-3/h4-10H,11-13H2,1-3H3,(H,22,24). The van der Waals surface area contributed by atoms with Crippen LogP contribution in [0.15, 0.2) is 42.5 Å². The molecule has 0 aliphatic rings. The lowest BCUT2D eigenvalue weighted by molar-refractivity contribution is -0.150. The highest BCUT2D eigenvalue weighted by Crippen LogP contribution is 2.28. The number of benzene rings is 2. The molecule has 0 spiro atoms. The van der Waals surface area contributed by atoms with Crippen molar-refractivity contribution in [2.75, 3.05) is 20.3 Å². The van der Waals surface area contributed by atoms with Crippen molar-refractivity contribution >= 4 is 17.7 Å². The van der Waals surface area contributed by atoms with E-state index < -0.39 is 18.5 Å². The van der Waals surface area contributed by atoms with Crippen molar-refractivity contribution in [2.45, 2.75) is 20.4 Å². The van der Waals surface area contributed by atoms with Crippen LogP contribution in [0.3, 0.4) is 0 Å². The van der Waals surface area contributed by atoms with Gasteiger partial charge in [0.25, 0.3) is 5.91 Å². The monoisotopic (exact) mass is 385 g/mol. The van der Waals surface area contributed by atoms with Gasteiger partial charge in [0.15, 0.2) is 30.5 Å². The third-order valence-electron chi connectivity index (χ3n) is 4.02. The fourth-order valence-corrected chi connectivity index (χ4v) is 2.38. The first-order valence-corrected chi connectivity index (χ1v) is 8.69. The second kappa shape index (κ2) is 10.1. The molecule has 0 bridgehead atoms. The van der Waals surface area contributed by atoms with Crippen LogP contribution in [0.4, 0.5) is 0 Å². The van der Waals surface area contributed by atoms with E-state index in [1.165, 1.54) is 26.2 Å². The van der Waals surface area contributed by atoms with Gasteiger partial charge in [0.1, 0.15) is 0 Å². The minimum atomic E-state index is -0.691. The maximum atomic E-state index is 11.8. The molecular formula is C21H23NO6. The van der Waals surface area contributed by atoms with Crippen molar-refractivity contribution in [1.82, 2.24) is 5.32 Å². The molecule has 148 valence electrons. The van der Waals surface area contributed by atoms with Crippen molar-refractivity contribution in [3.05, 3.63) is 59.2 Å². The second-order valence-electron chi connectivity index (χ2n) is 6.07. The Morgan fingerprint density at radius 3 is 2.43 bits per heavy atom. The highest BCUT2D eigenvalue weighted by molar-refractivity contribution is 5.94. The molecule has 0 saturated heterocycles. The van der Waals surface area contributed by atoms with Gasteiger partial charge in [-0.2, -0.15) is 0 Å². The largest absolute Gasteiger partial charge is 0.493 e. The minimum Gasteiger partial charge on any atom is -0.493 e. The fourth-order valence-electron chi connectivity index (χ4n) is 2.38. The van der Waals surface area contributed by atoms with Gasteiger partial charge in [-0.15, -0.1) is 0 Å². The lowest BCUT2D eigenvalue weighted by atomic mass is 10.1. The summed E-state index contributed by atoms with van der Waals surface area (Å²) in [7, 11) is 1.43. The van der Waals surface area contributed by atoms with Gasteiger partial charge in [-0.05, 0) is 43.2 Å². The van der Waals surface area contributed by atoms with Crippen molar-refractivity contribution in [1.29, 1.82) is 0 Å². The van der Waals surface area contributed by atoms with Crippen molar-refractivity contribution in [3.8, 4) is 11.5 Å². The zero-order valence-electron chi connectivity index (χ0n) is 16.1. The van der Waals surface area contributed by atoms with Gasteiger partial charge in [0, 0.05) is 12.1 Å². The van der Waals surface area contributed by atoms with Crippen LogP contribution < -0.4 is 14.8 Å². The van der Waals surface area contributed by atoms with Crippen LogP contribution in [0, 0.1) is 6.92 Å². The van der Waals surface area contributed by atoms with Gasteiger partial charge >= 0.3 is 5.97 Å².